The minimum absolute atomic E-state index is 0.160. The second-order valence-electron chi connectivity index (χ2n) is 4.15. The average Bonchev–Trinajstić information content (AvgIpc) is 2.34. The summed E-state index contributed by atoms with van der Waals surface area (Å²) in [4.78, 5) is 0. The van der Waals surface area contributed by atoms with Gasteiger partial charge in [0, 0.05) is 16.1 Å². The van der Waals surface area contributed by atoms with Gasteiger partial charge in [-0.05, 0) is 59.3 Å². The highest BCUT2D eigenvalue weighted by Gasteiger charge is 2.11. The van der Waals surface area contributed by atoms with Crippen molar-refractivity contribution in [1.82, 2.24) is 0 Å². The lowest BCUT2D eigenvalue weighted by molar-refractivity contribution is 0.467. The monoisotopic (exact) mass is 387 g/mol. The van der Waals surface area contributed by atoms with Gasteiger partial charge in [-0.25, -0.2) is 4.39 Å². The van der Waals surface area contributed by atoms with Crippen molar-refractivity contribution in [3.63, 3.8) is 0 Å². The van der Waals surface area contributed by atoms with Gasteiger partial charge in [-0.1, -0.05) is 15.9 Å². The maximum absolute atomic E-state index is 13.0. The Kier molecular flexibility index (Phi) is 4.60. The van der Waals surface area contributed by atoms with Crippen LogP contribution in [0.15, 0.2) is 45.3 Å². The van der Waals surface area contributed by atoms with Crippen LogP contribution in [-0.4, -0.2) is 0 Å². The van der Waals surface area contributed by atoms with Crippen molar-refractivity contribution in [2.75, 3.05) is 0 Å². The van der Waals surface area contributed by atoms with E-state index >= 15 is 0 Å². The number of benzene rings is 2. The van der Waals surface area contributed by atoms with Crippen LogP contribution in [0.2, 0.25) is 0 Å². The molecule has 0 amide bonds. The molecular formula is C14H12Br2FNO. The Bertz CT molecular complexity index is 602. The van der Waals surface area contributed by atoms with Crippen LogP contribution in [0, 0.1) is 5.82 Å². The molecule has 2 aromatic carbocycles. The molecule has 0 heterocycles. The Labute approximate surface area is 128 Å². The van der Waals surface area contributed by atoms with Gasteiger partial charge in [0.15, 0.2) is 0 Å². The van der Waals surface area contributed by atoms with E-state index in [-0.39, 0.29) is 11.9 Å². The van der Waals surface area contributed by atoms with Gasteiger partial charge in [0.25, 0.3) is 0 Å². The van der Waals surface area contributed by atoms with Gasteiger partial charge in [0.2, 0.25) is 0 Å². The minimum Gasteiger partial charge on any atom is -0.456 e. The fourth-order valence-corrected chi connectivity index (χ4v) is 2.46. The fraction of sp³-hybridized carbons (Fsp3) is 0.143. The third-order valence-corrected chi connectivity index (χ3v) is 3.69. The van der Waals surface area contributed by atoms with E-state index in [1.165, 1.54) is 12.1 Å². The van der Waals surface area contributed by atoms with Crippen LogP contribution >= 0.6 is 31.9 Å². The molecule has 1 unspecified atom stereocenters. The minimum atomic E-state index is -0.317. The van der Waals surface area contributed by atoms with E-state index < -0.39 is 0 Å². The first kappa shape index (κ1) is 14.5. The molecule has 0 aromatic heterocycles. The average molecular weight is 389 g/mol. The van der Waals surface area contributed by atoms with Crippen LogP contribution < -0.4 is 10.5 Å². The van der Waals surface area contributed by atoms with Crippen molar-refractivity contribution >= 4 is 31.9 Å². The van der Waals surface area contributed by atoms with E-state index in [0.29, 0.717) is 16.0 Å². The summed E-state index contributed by atoms with van der Waals surface area (Å²) in [5.74, 6) is 0.888. The van der Waals surface area contributed by atoms with Crippen molar-refractivity contribution < 1.29 is 9.13 Å². The van der Waals surface area contributed by atoms with Gasteiger partial charge < -0.3 is 10.5 Å². The highest BCUT2D eigenvalue weighted by molar-refractivity contribution is 9.10. The lowest BCUT2D eigenvalue weighted by Gasteiger charge is -2.15. The highest BCUT2D eigenvalue weighted by Crippen LogP contribution is 2.34. The molecule has 5 heteroatoms. The smallest absolute Gasteiger partial charge is 0.141 e. The summed E-state index contributed by atoms with van der Waals surface area (Å²) in [7, 11) is 0. The molecule has 2 N–H and O–H groups in total. The van der Waals surface area contributed by atoms with Crippen LogP contribution in [0.25, 0.3) is 0 Å². The topological polar surface area (TPSA) is 35.2 Å². The predicted molar refractivity (Wildman–Crippen MR) is 80.9 cm³/mol. The lowest BCUT2D eigenvalue weighted by atomic mass is 10.1. The zero-order valence-electron chi connectivity index (χ0n) is 10.2. The van der Waals surface area contributed by atoms with Gasteiger partial charge in [-0.2, -0.15) is 0 Å². The van der Waals surface area contributed by atoms with Crippen LogP contribution in [0.1, 0.15) is 18.5 Å². The quantitative estimate of drug-likeness (QED) is 0.787. The van der Waals surface area contributed by atoms with Crippen LogP contribution in [0.3, 0.4) is 0 Å². The van der Waals surface area contributed by atoms with Crippen molar-refractivity contribution in [2.24, 2.45) is 5.73 Å². The Morgan fingerprint density at radius 3 is 2.42 bits per heavy atom. The summed E-state index contributed by atoms with van der Waals surface area (Å²) in [5.41, 5.74) is 6.81. The maximum atomic E-state index is 13.0. The van der Waals surface area contributed by atoms with Crippen molar-refractivity contribution in [3.05, 3.63) is 56.7 Å². The summed E-state index contributed by atoms with van der Waals surface area (Å²) < 4.78 is 20.3. The van der Waals surface area contributed by atoms with Gasteiger partial charge >= 0.3 is 0 Å². The molecule has 0 aliphatic rings. The van der Waals surface area contributed by atoms with E-state index in [2.05, 4.69) is 31.9 Å². The van der Waals surface area contributed by atoms with Crippen LogP contribution in [-0.2, 0) is 0 Å². The molecule has 0 saturated heterocycles. The number of ether oxygens (including phenoxy) is 1. The molecule has 2 aromatic rings. The highest BCUT2D eigenvalue weighted by atomic mass is 79.9. The van der Waals surface area contributed by atoms with Gasteiger partial charge in [0.05, 0.1) is 4.47 Å². The number of hydrogen-bond acceptors (Lipinski definition) is 2. The molecule has 1 atom stereocenters. The number of halogens is 3. The second-order valence-corrected chi connectivity index (χ2v) is 5.92. The van der Waals surface area contributed by atoms with Gasteiger partial charge in [0.1, 0.15) is 17.3 Å². The fourth-order valence-electron chi connectivity index (χ4n) is 1.64. The SMILES string of the molecule is CC(N)c1cc(Br)ccc1Oc1ccc(F)cc1Br. The Morgan fingerprint density at radius 1 is 1.11 bits per heavy atom. The molecule has 0 spiro atoms. The molecule has 0 bridgehead atoms. The molecule has 0 radical (unpaired) electrons. The van der Waals surface area contributed by atoms with E-state index in [1.54, 1.807) is 6.07 Å². The normalized spacial score (nSPS) is 12.3. The van der Waals surface area contributed by atoms with E-state index in [4.69, 9.17) is 10.5 Å². The van der Waals surface area contributed by atoms with E-state index in [9.17, 15) is 4.39 Å². The molecule has 0 fully saturated rings. The third-order valence-electron chi connectivity index (χ3n) is 2.58. The third kappa shape index (κ3) is 3.55. The Morgan fingerprint density at radius 2 is 1.79 bits per heavy atom. The second kappa shape index (κ2) is 6.03. The summed E-state index contributed by atoms with van der Waals surface area (Å²) in [6.07, 6.45) is 0. The predicted octanol–water partition coefficient (Wildman–Crippen LogP) is 5.16. The summed E-state index contributed by atoms with van der Waals surface area (Å²) in [6, 6.07) is 9.75. The molecule has 0 saturated carbocycles. The Balaban J connectivity index is 2.38. The zero-order chi connectivity index (χ0) is 14.0. The summed E-state index contributed by atoms with van der Waals surface area (Å²) in [5, 5.41) is 0. The van der Waals surface area contributed by atoms with E-state index in [0.717, 1.165) is 10.0 Å². The molecule has 0 aliphatic heterocycles. The first-order chi connectivity index (χ1) is 8.97. The number of nitrogens with two attached hydrogens (primary N) is 1. The standard InChI is InChI=1S/C14H12Br2FNO/c1-8(18)11-6-9(15)2-4-13(11)19-14-5-3-10(17)7-12(14)16/h2-8H,18H2,1H3. The number of rotatable bonds is 3. The largest absolute Gasteiger partial charge is 0.456 e. The van der Waals surface area contributed by atoms with Crippen LogP contribution in [0.5, 0.6) is 11.5 Å². The summed E-state index contributed by atoms with van der Waals surface area (Å²) in [6.45, 7) is 1.88. The van der Waals surface area contributed by atoms with E-state index in [1.807, 2.05) is 25.1 Å². The molecule has 19 heavy (non-hydrogen) atoms. The van der Waals surface area contributed by atoms with Crippen LogP contribution in [0.4, 0.5) is 4.39 Å². The molecule has 0 aliphatic carbocycles. The molecular weight excluding hydrogens is 377 g/mol. The van der Waals surface area contributed by atoms with Crippen molar-refractivity contribution in [2.45, 2.75) is 13.0 Å². The molecule has 2 nitrogen and oxygen atoms in total. The number of hydrogen-bond donors (Lipinski definition) is 1. The lowest BCUT2D eigenvalue weighted by Crippen LogP contribution is -2.06. The zero-order valence-corrected chi connectivity index (χ0v) is 13.3. The maximum Gasteiger partial charge on any atom is 0.141 e. The molecule has 2 rings (SSSR count). The first-order valence-corrected chi connectivity index (χ1v) is 7.24. The van der Waals surface area contributed by atoms with Gasteiger partial charge in [-0.3, -0.25) is 0 Å². The summed E-state index contributed by atoms with van der Waals surface area (Å²) >= 11 is 6.68. The Hall–Kier alpha value is -0.910. The van der Waals surface area contributed by atoms with Crippen molar-refractivity contribution in [3.8, 4) is 11.5 Å². The first-order valence-electron chi connectivity index (χ1n) is 5.65. The molecule has 100 valence electrons. The van der Waals surface area contributed by atoms with Crippen molar-refractivity contribution in [1.29, 1.82) is 0 Å². The van der Waals surface area contributed by atoms with Gasteiger partial charge in [-0.15, -0.1) is 0 Å².